The second-order valence-corrected chi connectivity index (χ2v) is 4.27. The summed E-state index contributed by atoms with van der Waals surface area (Å²) in [6.45, 7) is 2.80. The fourth-order valence-corrected chi connectivity index (χ4v) is 2.01. The Morgan fingerprint density at radius 1 is 1.31 bits per heavy atom. The molecule has 0 bridgehead atoms. The van der Waals surface area contributed by atoms with E-state index < -0.39 is 0 Å². The third-order valence-electron chi connectivity index (χ3n) is 3.11. The molecule has 2 unspecified atom stereocenters. The van der Waals surface area contributed by atoms with Crippen molar-refractivity contribution in [1.29, 1.82) is 0 Å². The molecule has 16 heavy (non-hydrogen) atoms. The Kier molecular flexibility index (Phi) is 3.27. The van der Waals surface area contributed by atoms with Crippen molar-refractivity contribution in [2.45, 2.75) is 19.4 Å². The van der Waals surface area contributed by atoms with E-state index in [-0.39, 0.29) is 6.04 Å². The molecule has 0 aliphatic heterocycles. The first kappa shape index (κ1) is 11.2. The number of hydrogen-bond donors (Lipinski definition) is 2. The largest absolute Gasteiger partial charge is 0.464 e. The summed E-state index contributed by atoms with van der Waals surface area (Å²) in [6.07, 6.45) is 2.70. The number of rotatable bonds is 4. The molecule has 3 nitrogen and oxygen atoms in total. The van der Waals surface area contributed by atoms with Gasteiger partial charge < -0.3 is 15.9 Å². The van der Waals surface area contributed by atoms with E-state index in [1.807, 2.05) is 24.3 Å². The Morgan fingerprint density at radius 3 is 2.81 bits per heavy atom. The van der Waals surface area contributed by atoms with Crippen molar-refractivity contribution in [3.8, 4) is 0 Å². The third-order valence-corrected chi connectivity index (χ3v) is 3.11. The third kappa shape index (κ3) is 1.96. The van der Waals surface area contributed by atoms with E-state index in [4.69, 9.17) is 15.9 Å². The molecule has 0 saturated carbocycles. The summed E-state index contributed by atoms with van der Waals surface area (Å²) in [4.78, 5) is 0. The summed E-state index contributed by atoms with van der Waals surface area (Å²) in [5.41, 5.74) is 13.8. The molecule has 1 aromatic heterocycles. The lowest BCUT2D eigenvalue weighted by Crippen LogP contribution is -2.21. The fraction of sp³-hybridized carbons (Fsp3) is 0.385. The molecule has 1 heterocycles. The lowest BCUT2D eigenvalue weighted by atomic mass is 9.92. The van der Waals surface area contributed by atoms with Crippen LogP contribution in [-0.4, -0.2) is 6.54 Å². The topological polar surface area (TPSA) is 65.2 Å². The van der Waals surface area contributed by atoms with E-state index in [1.165, 1.54) is 0 Å². The number of furan rings is 1. The maximum Gasteiger partial charge on any atom is 0.134 e. The van der Waals surface area contributed by atoms with Gasteiger partial charge in [-0.3, -0.25) is 0 Å². The second kappa shape index (κ2) is 4.68. The molecular weight excluding hydrogens is 200 g/mol. The molecule has 0 aliphatic carbocycles. The standard InChI is InChI=1S/C13H18N2O/c1-9(6-7-14)13(15)11-8-16-12-5-3-2-4-10(11)12/h2-5,8-9,13H,6-7,14-15H2,1H3. The Labute approximate surface area is 95.4 Å². The van der Waals surface area contributed by atoms with Crippen LogP contribution in [0.5, 0.6) is 0 Å². The number of fused-ring (bicyclic) bond motifs is 1. The van der Waals surface area contributed by atoms with Crippen molar-refractivity contribution in [3.63, 3.8) is 0 Å². The molecule has 0 amide bonds. The lowest BCUT2D eigenvalue weighted by Gasteiger charge is -2.18. The van der Waals surface area contributed by atoms with Crippen LogP contribution in [0, 0.1) is 5.92 Å². The zero-order chi connectivity index (χ0) is 11.5. The number of para-hydroxylation sites is 1. The predicted molar refractivity (Wildman–Crippen MR) is 66.0 cm³/mol. The van der Waals surface area contributed by atoms with E-state index in [0.717, 1.165) is 23.0 Å². The molecule has 0 spiro atoms. The van der Waals surface area contributed by atoms with Gasteiger partial charge >= 0.3 is 0 Å². The van der Waals surface area contributed by atoms with Crippen LogP contribution in [-0.2, 0) is 0 Å². The highest BCUT2D eigenvalue weighted by Gasteiger charge is 2.18. The monoisotopic (exact) mass is 218 g/mol. The minimum Gasteiger partial charge on any atom is -0.464 e. The summed E-state index contributed by atoms with van der Waals surface area (Å²) in [5.74, 6) is 0.367. The van der Waals surface area contributed by atoms with Crippen molar-refractivity contribution in [2.75, 3.05) is 6.54 Å². The highest BCUT2D eigenvalue weighted by molar-refractivity contribution is 5.81. The normalized spacial score (nSPS) is 15.2. The average Bonchev–Trinajstić information content (AvgIpc) is 2.72. The Morgan fingerprint density at radius 2 is 2.06 bits per heavy atom. The smallest absolute Gasteiger partial charge is 0.134 e. The van der Waals surface area contributed by atoms with Gasteiger partial charge in [0.2, 0.25) is 0 Å². The van der Waals surface area contributed by atoms with Crippen LogP contribution in [0.15, 0.2) is 34.9 Å². The first-order valence-corrected chi connectivity index (χ1v) is 5.66. The van der Waals surface area contributed by atoms with E-state index in [0.29, 0.717) is 12.5 Å². The average molecular weight is 218 g/mol. The molecule has 3 heteroatoms. The summed E-state index contributed by atoms with van der Waals surface area (Å²) in [6, 6.07) is 7.96. The quantitative estimate of drug-likeness (QED) is 0.828. The van der Waals surface area contributed by atoms with Crippen LogP contribution < -0.4 is 11.5 Å². The van der Waals surface area contributed by atoms with Crippen molar-refractivity contribution in [1.82, 2.24) is 0 Å². The minimum atomic E-state index is -0.00722. The van der Waals surface area contributed by atoms with Gasteiger partial charge in [-0.15, -0.1) is 0 Å². The molecule has 1 aromatic carbocycles. The maximum atomic E-state index is 6.22. The van der Waals surface area contributed by atoms with E-state index in [2.05, 4.69) is 6.92 Å². The lowest BCUT2D eigenvalue weighted by molar-refractivity contribution is 0.441. The molecule has 0 aliphatic rings. The molecule has 2 rings (SSSR count). The molecule has 0 fully saturated rings. The molecule has 2 aromatic rings. The van der Waals surface area contributed by atoms with Gasteiger partial charge in [-0.25, -0.2) is 0 Å². The first-order chi connectivity index (χ1) is 7.74. The molecular formula is C13H18N2O. The number of nitrogens with two attached hydrogens (primary N) is 2. The van der Waals surface area contributed by atoms with Crippen LogP contribution >= 0.6 is 0 Å². The van der Waals surface area contributed by atoms with Gasteiger partial charge in [0.05, 0.1) is 6.26 Å². The van der Waals surface area contributed by atoms with Crippen molar-refractivity contribution < 1.29 is 4.42 Å². The van der Waals surface area contributed by atoms with Gasteiger partial charge in [0, 0.05) is 17.0 Å². The van der Waals surface area contributed by atoms with Gasteiger partial charge in [0.25, 0.3) is 0 Å². The SMILES string of the molecule is CC(CCN)C(N)c1coc2ccccc12. The molecule has 2 atom stereocenters. The Hall–Kier alpha value is -1.32. The van der Waals surface area contributed by atoms with Crippen LogP contribution in [0.4, 0.5) is 0 Å². The fourth-order valence-electron chi connectivity index (χ4n) is 2.01. The molecule has 0 saturated heterocycles. The summed E-state index contributed by atoms with van der Waals surface area (Å²) >= 11 is 0. The second-order valence-electron chi connectivity index (χ2n) is 4.27. The molecule has 86 valence electrons. The Bertz CT molecular complexity index is 464. The van der Waals surface area contributed by atoms with Gasteiger partial charge in [0.1, 0.15) is 5.58 Å². The van der Waals surface area contributed by atoms with Crippen molar-refractivity contribution in [3.05, 3.63) is 36.1 Å². The van der Waals surface area contributed by atoms with Crippen LogP contribution in [0.3, 0.4) is 0 Å². The zero-order valence-electron chi connectivity index (χ0n) is 9.52. The highest BCUT2D eigenvalue weighted by Crippen LogP contribution is 2.29. The Balaban J connectivity index is 2.32. The molecule has 0 radical (unpaired) electrons. The highest BCUT2D eigenvalue weighted by atomic mass is 16.3. The van der Waals surface area contributed by atoms with Crippen molar-refractivity contribution >= 4 is 11.0 Å². The number of hydrogen-bond acceptors (Lipinski definition) is 3. The minimum absolute atomic E-state index is 0.00722. The summed E-state index contributed by atoms with van der Waals surface area (Å²) in [5, 5.41) is 1.11. The van der Waals surface area contributed by atoms with E-state index >= 15 is 0 Å². The van der Waals surface area contributed by atoms with Crippen LogP contribution in [0.1, 0.15) is 24.9 Å². The van der Waals surface area contributed by atoms with Crippen molar-refractivity contribution in [2.24, 2.45) is 17.4 Å². The van der Waals surface area contributed by atoms with Gasteiger partial charge in [-0.1, -0.05) is 25.1 Å². The maximum absolute atomic E-state index is 6.22. The summed E-state index contributed by atoms with van der Waals surface area (Å²) < 4.78 is 5.49. The van der Waals surface area contributed by atoms with E-state index in [9.17, 15) is 0 Å². The molecule has 4 N–H and O–H groups in total. The van der Waals surface area contributed by atoms with Gasteiger partial charge in [-0.2, -0.15) is 0 Å². The van der Waals surface area contributed by atoms with Gasteiger partial charge in [-0.05, 0) is 24.9 Å². The number of benzene rings is 1. The summed E-state index contributed by atoms with van der Waals surface area (Å²) in [7, 11) is 0. The van der Waals surface area contributed by atoms with E-state index in [1.54, 1.807) is 6.26 Å². The zero-order valence-corrected chi connectivity index (χ0v) is 9.52. The van der Waals surface area contributed by atoms with Crippen LogP contribution in [0.2, 0.25) is 0 Å². The van der Waals surface area contributed by atoms with Crippen LogP contribution in [0.25, 0.3) is 11.0 Å². The first-order valence-electron chi connectivity index (χ1n) is 5.66. The van der Waals surface area contributed by atoms with Gasteiger partial charge in [0.15, 0.2) is 0 Å². The predicted octanol–water partition coefficient (Wildman–Crippen LogP) is 2.42.